The highest BCUT2D eigenvalue weighted by Gasteiger charge is 2.29. The Bertz CT molecular complexity index is 1290. The number of thioether (sulfide) groups is 1. The van der Waals surface area contributed by atoms with Crippen molar-refractivity contribution in [1.29, 1.82) is 0 Å². The number of nitrogens with one attached hydrogen (secondary N) is 1. The van der Waals surface area contributed by atoms with Crippen LogP contribution in [-0.4, -0.2) is 35.9 Å². The molecule has 1 aliphatic carbocycles. The number of hydrogen-bond acceptors (Lipinski definition) is 5. The number of carbonyl (C=O) groups is 2. The van der Waals surface area contributed by atoms with Crippen molar-refractivity contribution in [3.8, 4) is 17.2 Å². The van der Waals surface area contributed by atoms with E-state index in [2.05, 4.69) is 35.8 Å². The van der Waals surface area contributed by atoms with Gasteiger partial charge in [0.25, 0.3) is 5.91 Å². The minimum atomic E-state index is -0.902. The number of carbonyl (C=O) groups excluding carboxylic acids is 1. The molecule has 6 nitrogen and oxygen atoms in total. The number of aliphatic carboxylic acids is 1. The molecule has 2 aliphatic rings. The van der Waals surface area contributed by atoms with Crippen LogP contribution in [0.5, 0.6) is 17.2 Å². The molecule has 0 bridgehead atoms. The second kappa shape index (κ2) is 11.1. The van der Waals surface area contributed by atoms with Gasteiger partial charge in [-0.15, -0.1) is 11.8 Å². The summed E-state index contributed by atoms with van der Waals surface area (Å²) < 4.78 is 11.6. The summed E-state index contributed by atoms with van der Waals surface area (Å²) in [6.07, 6.45) is 5.44. The van der Waals surface area contributed by atoms with Crippen molar-refractivity contribution in [3.05, 3.63) is 82.4 Å². The van der Waals surface area contributed by atoms with Gasteiger partial charge in [-0.05, 0) is 85.9 Å². The maximum absolute atomic E-state index is 12.9. The zero-order chi connectivity index (χ0) is 25.9. The minimum Gasteiger partial charge on any atom is -0.493 e. The average molecular weight is 538 g/mol. The molecule has 5 rings (SSSR count). The van der Waals surface area contributed by atoms with Crippen LogP contribution in [0.4, 0.5) is 0 Å². The number of hydrogen-bond donors (Lipinski definition) is 2. The second-order valence-electron chi connectivity index (χ2n) is 9.43. The van der Waals surface area contributed by atoms with Crippen molar-refractivity contribution in [3.63, 3.8) is 0 Å². The normalized spacial score (nSPS) is 20.5. The van der Waals surface area contributed by atoms with Crippen molar-refractivity contribution in [2.75, 3.05) is 12.9 Å². The van der Waals surface area contributed by atoms with Gasteiger partial charge in [0.1, 0.15) is 17.2 Å². The third-order valence-electron chi connectivity index (χ3n) is 7.10. The van der Waals surface area contributed by atoms with E-state index in [1.54, 1.807) is 48.2 Å². The number of halogens is 1. The van der Waals surface area contributed by atoms with Crippen LogP contribution in [0.2, 0.25) is 5.02 Å². The SMILES string of the molecule is CSc1ccc(C2CCC(NC(=O)c3ccc(Oc4cc5c(cc4Cl)C(C(=O)O)CCO5)cc3)C2)cc1. The first kappa shape index (κ1) is 25.5. The molecule has 3 aromatic rings. The molecular weight excluding hydrogens is 510 g/mol. The van der Waals surface area contributed by atoms with E-state index in [4.69, 9.17) is 21.1 Å². The summed E-state index contributed by atoms with van der Waals surface area (Å²) in [6, 6.07) is 19.0. The Kier molecular flexibility index (Phi) is 7.63. The maximum Gasteiger partial charge on any atom is 0.311 e. The molecule has 8 heteroatoms. The highest BCUT2D eigenvalue weighted by atomic mass is 35.5. The largest absolute Gasteiger partial charge is 0.493 e. The van der Waals surface area contributed by atoms with E-state index < -0.39 is 11.9 Å². The first-order valence-corrected chi connectivity index (χ1v) is 13.9. The summed E-state index contributed by atoms with van der Waals surface area (Å²) in [5, 5.41) is 12.9. The molecule has 0 spiro atoms. The molecule has 2 N–H and O–H groups in total. The molecule has 3 aromatic carbocycles. The highest BCUT2D eigenvalue weighted by Crippen LogP contribution is 2.42. The van der Waals surface area contributed by atoms with Gasteiger partial charge in [0.2, 0.25) is 0 Å². The van der Waals surface area contributed by atoms with Gasteiger partial charge in [-0.3, -0.25) is 9.59 Å². The fraction of sp³-hybridized carbons (Fsp3) is 0.310. The third kappa shape index (κ3) is 5.73. The van der Waals surface area contributed by atoms with Crippen LogP contribution in [0.15, 0.2) is 65.6 Å². The lowest BCUT2D eigenvalue weighted by atomic mass is 9.93. The predicted octanol–water partition coefficient (Wildman–Crippen LogP) is 6.87. The molecule has 192 valence electrons. The monoisotopic (exact) mass is 537 g/mol. The lowest BCUT2D eigenvalue weighted by Crippen LogP contribution is -2.32. The van der Waals surface area contributed by atoms with Gasteiger partial charge in [0.05, 0.1) is 17.5 Å². The molecule has 1 amide bonds. The summed E-state index contributed by atoms with van der Waals surface area (Å²) >= 11 is 8.13. The van der Waals surface area contributed by atoms with Gasteiger partial charge in [0, 0.05) is 28.1 Å². The van der Waals surface area contributed by atoms with E-state index in [0.717, 1.165) is 19.3 Å². The molecule has 3 unspecified atom stereocenters. The van der Waals surface area contributed by atoms with Gasteiger partial charge >= 0.3 is 5.97 Å². The maximum atomic E-state index is 12.9. The molecule has 1 aliphatic heterocycles. The predicted molar refractivity (Wildman–Crippen MR) is 145 cm³/mol. The van der Waals surface area contributed by atoms with E-state index in [0.29, 0.717) is 52.3 Å². The Morgan fingerprint density at radius 3 is 2.51 bits per heavy atom. The van der Waals surface area contributed by atoms with E-state index in [1.807, 2.05) is 0 Å². The first-order chi connectivity index (χ1) is 17.9. The molecule has 0 saturated heterocycles. The number of fused-ring (bicyclic) bond motifs is 1. The van der Waals surface area contributed by atoms with Crippen molar-refractivity contribution in [1.82, 2.24) is 5.32 Å². The van der Waals surface area contributed by atoms with Crippen LogP contribution < -0.4 is 14.8 Å². The summed E-state index contributed by atoms with van der Waals surface area (Å²) in [5.74, 6) is 0.155. The van der Waals surface area contributed by atoms with E-state index in [1.165, 1.54) is 10.5 Å². The van der Waals surface area contributed by atoms with Crippen LogP contribution in [0.25, 0.3) is 0 Å². The third-order valence-corrected chi connectivity index (χ3v) is 8.14. The molecule has 1 fully saturated rings. The van der Waals surface area contributed by atoms with Crippen LogP contribution >= 0.6 is 23.4 Å². The van der Waals surface area contributed by atoms with Gasteiger partial charge in [-0.1, -0.05) is 23.7 Å². The van der Waals surface area contributed by atoms with Crippen LogP contribution in [0.1, 0.15) is 59.0 Å². The van der Waals surface area contributed by atoms with Gasteiger partial charge in [0.15, 0.2) is 0 Å². The van der Waals surface area contributed by atoms with Gasteiger partial charge in [-0.25, -0.2) is 0 Å². The van der Waals surface area contributed by atoms with E-state index >= 15 is 0 Å². The molecule has 37 heavy (non-hydrogen) atoms. The molecule has 0 radical (unpaired) electrons. The van der Waals surface area contributed by atoms with Crippen molar-refractivity contribution in [2.45, 2.75) is 48.5 Å². The zero-order valence-corrected chi connectivity index (χ0v) is 22.0. The number of carboxylic acid groups (broad SMARTS) is 1. The molecule has 1 heterocycles. The van der Waals surface area contributed by atoms with Crippen LogP contribution in [-0.2, 0) is 4.79 Å². The average Bonchev–Trinajstić information content (AvgIpc) is 3.37. The molecular formula is C29H28ClNO5S. The smallest absolute Gasteiger partial charge is 0.311 e. The first-order valence-electron chi connectivity index (χ1n) is 12.3. The Hall–Kier alpha value is -3.16. The standard InChI is InChI=1S/C29H28ClNO5S/c1-37-22-10-5-17(6-11-22)19-2-7-20(14-19)31-28(32)18-3-8-21(9-4-18)36-27-16-26-24(15-25(27)30)23(29(33)34)12-13-35-26/h3-6,8-11,15-16,19-20,23H,2,7,12-14H2,1H3,(H,31,32)(H,33,34). The Morgan fingerprint density at radius 2 is 1.81 bits per heavy atom. The quantitative estimate of drug-likeness (QED) is 0.320. The minimum absolute atomic E-state index is 0.102. The molecule has 0 aromatic heterocycles. The van der Waals surface area contributed by atoms with E-state index in [-0.39, 0.29) is 11.9 Å². The molecule has 3 atom stereocenters. The topological polar surface area (TPSA) is 84.9 Å². The Morgan fingerprint density at radius 1 is 1.05 bits per heavy atom. The fourth-order valence-corrected chi connectivity index (χ4v) is 5.70. The molecule has 1 saturated carbocycles. The summed E-state index contributed by atoms with van der Waals surface area (Å²) in [4.78, 5) is 25.7. The van der Waals surface area contributed by atoms with Crippen molar-refractivity contribution in [2.24, 2.45) is 0 Å². The fourth-order valence-electron chi connectivity index (χ4n) is 5.09. The summed E-state index contributed by atoms with van der Waals surface area (Å²) in [6.45, 7) is 0.320. The highest BCUT2D eigenvalue weighted by molar-refractivity contribution is 7.98. The number of carboxylic acids is 1. The number of amides is 1. The van der Waals surface area contributed by atoms with Gasteiger partial charge < -0.3 is 19.9 Å². The van der Waals surface area contributed by atoms with Crippen LogP contribution in [0, 0.1) is 0 Å². The summed E-state index contributed by atoms with van der Waals surface area (Å²) in [7, 11) is 0. The Balaban J connectivity index is 1.20. The zero-order valence-electron chi connectivity index (χ0n) is 20.4. The van der Waals surface area contributed by atoms with Crippen molar-refractivity contribution < 1.29 is 24.2 Å². The number of benzene rings is 3. The lowest BCUT2D eigenvalue weighted by Gasteiger charge is -2.24. The second-order valence-corrected chi connectivity index (χ2v) is 10.7. The van der Waals surface area contributed by atoms with E-state index in [9.17, 15) is 14.7 Å². The van der Waals surface area contributed by atoms with Crippen molar-refractivity contribution >= 4 is 35.2 Å². The number of rotatable bonds is 7. The Labute approximate surface area is 225 Å². The van der Waals surface area contributed by atoms with Gasteiger partial charge in [-0.2, -0.15) is 0 Å². The van der Waals surface area contributed by atoms with Crippen LogP contribution in [0.3, 0.4) is 0 Å². The summed E-state index contributed by atoms with van der Waals surface area (Å²) in [5.41, 5.74) is 2.44. The number of ether oxygens (including phenoxy) is 2. The lowest BCUT2D eigenvalue weighted by molar-refractivity contribution is -0.139.